The first-order valence-corrected chi connectivity index (χ1v) is 14.8. The van der Waals surface area contributed by atoms with E-state index in [2.05, 4.69) is 0 Å². The van der Waals surface area contributed by atoms with Crippen molar-refractivity contribution in [3.8, 4) is 0 Å². The van der Waals surface area contributed by atoms with Gasteiger partial charge in [-0.1, -0.05) is 76.2 Å². The zero-order valence-corrected chi connectivity index (χ0v) is 25.4. The molecule has 4 aromatic carbocycles. The average Bonchev–Trinajstić information content (AvgIpc) is 2.85. The molecule has 0 saturated carbocycles. The van der Waals surface area contributed by atoms with Gasteiger partial charge in [-0.2, -0.15) is 0 Å². The van der Waals surface area contributed by atoms with Crippen LogP contribution in [0, 0.1) is 0 Å². The van der Waals surface area contributed by atoms with Gasteiger partial charge in [-0.25, -0.2) is 16.8 Å². The smallest absolute Gasteiger partial charge is 0.744 e. The van der Waals surface area contributed by atoms with Crippen LogP contribution in [0.2, 0.25) is 0 Å². The van der Waals surface area contributed by atoms with Crippen LogP contribution in [0.5, 0.6) is 0 Å². The number of hydrogen-bond donors (Lipinski definition) is 0. The fourth-order valence-electron chi connectivity index (χ4n) is 4.90. The Labute approximate surface area is 249 Å². The molecule has 4 aromatic rings. The van der Waals surface area contributed by atoms with Crippen LogP contribution in [-0.4, -0.2) is 63.7 Å². The molecule has 0 spiro atoms. The molecule has 0 aliphatic carbocycles. The summed E-state index contributed by atoms with van der Waals surface area (Å²) in [7, 11) is -8.84. The van der Waals surface area contributed by atoms with Gasteiger partial charge in [-0.05, 0) is 81.6 Å². The van der Waals surface area contributed by atoms with Gasteiger partial charge >= 0.3 is 37.7 Å². The third kappa shape index (κ3) is 6.92. The first-order chi connectivity index (χ1) is 17.0. The van der Waals surface area contributed by atoms with E-state index in [1.54, 1.807) is 0 Å². The maximum absolute atomic E-state index is 11.4. The average molecular weight is 567 g/mol. The molecule has 0 unspecified atom stereocenters. The molecule has 0 fully saturated rings. The minimum Gasteiger partial charge on any atom is -0.744 e. The summed E-state index contributed by atoms with van der Waals surface area (Å²) in [5, 5.41) is 3.68. The van der Waals surface area contributed by atoms with Crippen LogP contribution in [-0.2, 0) is 45.9 Å². The molecule has 0 amide bonds. The van der Waals surface area contributed by atoms with Gasteiger partial charge in [0.15, 0.2) is 0 Å². The van der Waals surface area contributed by atoms with E-state index in [0.717, 1.165) is 32.7 Å². The molecule has 4 rings (SSSR count). The zero-order chi connectivity index (χ0) is 26.7. The normalized spacial score (nSPS) is 11.6. The van der Waals surface area contributed by atoms with Crippen molar-refractivity contribution in [3.05, 3.63) is 82.9 Å². The van der Waals surface area contributed by atoms with E-state index in [0.29, 0.717) is 36.8 Å². The summed E-state index contributed by atoms with van der Waals surface area (Å²) >= 11 is 0. The van der Waals surface area contributed by atoms with E-state index in [-0.39, 0.29) is 47.5 Å². The molecule has 0 atom stereocenters. The van der Waals surface area contributed by atoms with E-state index in [4.69, 9.17) is 0 Å². The van der Waals surface area contributed by atoms with Crippen molar-refractivity contribution in [2.75, 3.05) is 0 Å². The second-order valence-corrected chi connectivity index (χ2v) is 11.1. The van der Waals surface area contributed by atoms with E-state index in [9.17, 15) is 25.9 Å². The van der Waals surface area contributed by atoms with Crippen molar-refractivity contribution >= 4 is 79.5 Å². The van der Waals surface area contributed by atoms with Gasteiger partial charge in [0.1, 0.15) is 20.2 Å². The third-order valence-electron chi connectivity index (χ3n) is 6.42. The second-order valence-electron chi connectivity index (χ2n) is 8.43. The van der Waals surface area contributed by atoms with Crippen molar-refractivity contribution in [2.45, 2.75) is 63.2 Å². The van der Waals surface area contributed by atoms with Crippen LogP contribution < -0.4 is 0 Å². The van der Waals surface area contributed by atoms with Gasteiger partial charge in [0, 0.05) is 0 Å². The van der Waals surface area contributed by atoms with Gasteiger partial charge in [-0.3, -0.25) is 0 Å². The third-order valence-corrected chi connectivity index (χ3v) is 8.23. The second kappa shape index (κ2) is 13.0. The Morgan fingerprint density at radius 2 is 0.838 bits per heavy atom. The van der Waals surface area contributed by atoms with Crippen molar-refractivity contribution in [3.63, 3.8) is 0 Å². The minimum absolute atomic E-state index is 0. The first-order valence-electron chi connectivity index (χ1n) is 12.0. The van der Waals surface area contributed by atoms with Crippen molar-refractivity contribution in [1.29, 1.82) is 0 Å². The zero-order valence-electron chi connectivity index (χ0n) is 21.6. The van der Waals surface area contributed by atoms with Crippen LogP contribution in [0.15, 0.2) is 70.5 Å². The number of hydrogen-bond acceptors (Lipinski definition) is 6. The molecule has 192 valence electrons. The molecule has 0 saturated heterocycles. The summed E-state index contributed by atoms with van der Waals surface area (Å²) in [6, 6.07) is 18.1. The maximum atomic E-state index is 11.4. The summed E-state index contributed by atoms with van der Waals surface area (Å²) in [5.41, 5.74) is 3.24. The summed E-state index contributed by atoms with van der Waals surface area (Å²) in [6.45, 7) is 7.69. The number of rotatable bonds is 6. The van der Waals surface area contributed by atoms with Gasteiger partial charge < -0.3 is 9.11 Å². The Morgan fingerprint density at radius 3 is 1.11 bits per heavy atom. The Morgan fingerprint density at radius 1 is 0.541 bits per heavy atom. The predicted octanol–water partition coefficient (Wildman–Crippen LogP) is 5.36. The number of fused-ring (bicyclic) bond motifs is 2. The van der Waals surface area contributed by atoms with E-state index in [1.807, 2.05) is 76.2 Å². The van der Waals surface area contributed by atoms with E-state index >= 15 is 0 Å². The summed E-state index contributed by atoms with van der Waals surface area (Å²) in [4.78, 5) is -0.138. The molecule has 0 aromatic heterocycles. The standard InChI is InChI=1S/2C14H16O3S.Ca/c2*1-3-11-12(4-2)14(18(15,16)17)9-10-7-5-6-8-13(10)11;/h2*5-9H,3-4H2,1-2H3,(H,15,16,17);/q;;+2/p-2. The van der Waals surface area contributed by atoms with Crippen LogP contribution in [0.1, 0.15) is 49.9 Å². The van der Waals surface area contributed by atoms with Crippen LogP contribution in [0.25, 0.3) is 21.5 Å². The summed E-state index contributed by atoms with van der Waals surface area (Å²) in [6.07, 6.45) is 2.52. The van der Waals surface area contributed by atoms with E-state index < -0.39 is 20.2 Å². The molecular weight excluding hydrogens is 537 g/mol. The van der Waals surface area contributed by atoms with Crippen LogP contribution >= 0.6 is 0 Å². The van der Waals surface area contributed by atoms with Gasteiger partial charge in [0.05, 0.1) is 9.79 Å². The molecule has 6 nitrogen and oxygen atoms in total. The molecule has 0 aliphatic heterocycles. The molecule has 37 heavy (non-hydrogen) atoms. The molecule has 9 heteroatoms. The maximum Gasteiger partial charge on any atom is 2.00 e. The Kier molecular flexibility index (Phi) is 11.2. The molecular formula is C28H30CaO6S2. The fraction of sp³-hybridized carbons (Fsp3) is 0.286. The predicted molar refractivity (Wildman–Crippen MR) is 147 cm³/mol. The topological polar surface area (TPSA) is 114 Å². The SMILES string of the molecule is CCc1c(S(=O)(=O)[O-])cc2ccccc2c1CC.CCc1c(S(=O)(=O)[O-])cc2ccccc2c1CC.[Ca+2]. The van der Waals surface area contributed by atoms with Crippen LogP contribution in [0.3, 0.4) is 0 Å². The number of benzene rings is 4. The van der Waals surface area contributed by atoms with Crippen molar-refractivity contribution in [2.24, 2.45) is 0 Å². The largest absolute Gasteiger partial charge is 2.00 e. The van der Waals surface area contributed by atoms with E-state index in [1.165, 1.54) is 12.1 Å². The van der Waals surface area contributed by atoms with Crippen molar-refractivity contribution < 1.29 is 25.9 Å². The van der Waals surface area contributed by atoms with Gasteiger partial charge in [0.25, 0.3) is 0 Å². The molecule has 0 bridgehead atoms. The van der Waals surface area contributed by atoms with Crippen molar-refractivity contribution in [1.82, 2.24) is 0 Å². The minimum atomic E-state index is -4.42. The Hall–Kier alpha value is -1.52. The molecule has 0 N–H and O–H groups in total. The Bertz CT molecular complexity index is 1500. The molecule has 0 heterocycles. The first kappa shape index (κ1) is 31.7. The summed E-state index contributed by atoms with van der Waals surface area (Å²) in [5.74, 6) is 0. The molecule has 0 radical (unpaired) electrons. The Balaban J connectivity index is 0.000000253. The van der Waals surface area contributed by atoms with Gasteiger partial charge in [-0.15, -0.1) is 0 Å². The van der Waals surface area contributed by atoms with Crippen LogP contribution in [0.4, 0.5) is 0 Å². The summed E-state index contributed by atoms with van der Waals surface area (Å²) < 4.78 is 68.2. The monoisotopic (exact) mass is 566 g/mol. The van der Waals surface area contributed by atoms with Gasteiger partial charge in [0.2, 0.25) is 0 Å². The number of aryl methyl sites for hydroxylation is 2. The molecule has 0 aliphatic rings. The fourth-order valence-corrected chi connectivity index (χ4v) is 6.58. The quantitative estimate of drug-likeness (QED) is 0.229.